The molecule has 24 heavy (non-hydrogen) atoms. The van der Waals surface area contributed by atoms with E-state index in [9.17, 15) is 4.79 Å². The lowest BCUT2D eigenvalue weighted by Crippen LogP contribution is -2.23. The van der Waals surface area contributed by atoms with Gasteiger partial charge in [-0.3, -0.25) is 4.79 Å². The first-order valence-electron chi connectivity index (χ1n) is 9.08. The molecule has 0 aliphatic rings. The van der Waals surface area contributed by atoms with Gasteiger partial charge in [0.1, 0.15) is 0 Å². The molecule has 0 heterocycles. The van der Waals surface area contributed by atoms with Gasteiger partial charge >= 0.3 is 0 Å². The standard InChI is InChI=1S/C22H29NO/c1-5-17-14-19(6-2)21(20(7-3)15-17)23-22(24)16(4)13-18-11-9-8-10-12-18/h8-12,14-16H,5-7,13H2,1-4H3,(H,23,24). The Morgan fingerprint density at radius 3 is 2.00 bits per heavy atom. The Morgan fingerprint density at radius 1 is 0.917 bits per heavy atom. The molecule has 0 spiro atoms. The Hall–Kier alpha value is -2.09. The molecule has 0 fully saturated rings. The van der Waals surface area contributed by atoms with Gasteiger partial charge in [0, 0.05) is 11.6 Å². The minimum Gasteiger partial charge on any atom is -0.325 e. The van der Waals surface area contributed by atoms with Gasteiger partial charge < -0.3 is 5.32 Å². The van der Waals surface area contributed by atoms with Gasteiger partial charge in [-0.05, 0) is 47.9 Å². The summed E-state index contributed by atoms with van der Waals surface area (Å²) < 4.78 is 0. The molecule has 0 aliphatic carbocycles. The molecule has 1 unspecified atom stereocenters. The first-order chi connectivity index (χ1) is 11.6. The van der Waals surface area contributed by atoms with Crippen LogP contribution >= 0.6 is 0 Å². The molecular formula is C22H29NO. The van der Waals surface area contributed by atoms with E-state index in [1.807, 2.05) is 25.1 Å². The minimum atomic E-state index is -0.0485. The Kier molecular flexibility index (Phi) is 6.60. The van der Waals surface area contributed by atoms with Crippen LogP contribution in [-0.4, -0.2) is 5.91 Å². The lowest BCUT2D eigenvalue weighted by molar-refractivity contribution is -0.119. The zero-order valence-corrected chi connectivity index (χ0v) is 15.4. The highest BCUT2D eigenvalue weighted by molar-refractivity contribution is 5.94. The van der Waals surface area contributed by atoms with Crippen LogP contribution in [0.2, 0.25) is 0 Å². The molecule has 1 atom stereocenters. The summed E-state index contributed by atoms with van der Waals surface area (Å²) in [5, 5.41) is 3.21. The van der Waals surface area contributed by atoms with Crippen molar-refractivity contribution in [1.29, 1.82) is 0 Å². The number of rotatable bonds is 7. The first kappa shape index (κ1) is 18.3. The largest absolute Gasteiger partial charge is 0.325 e. The molecule has 2 aromatic rings. The molecule has 2 heteroatoms. The Bertz CT molecular complexity index is 651. The molecule has 0 saturated carbocycles. The molecule has 128 valence electrons. The Labute approximate surface area is 146 Å². The third-order valence-electron chi connectivity index (χ3n) is 4.61. The predicted molar refractivity (Wildman–Crippen MR) is 103 cm³/mol. The molecular weight excluding hydrogens is 294 g/mol. The quantitative estimate of drug-likeness (QED) is 0.746. The van der Waals surface area contributed by atoms with Crippen molar-refractivity contribution in [3.8, 4) is 0 Å². The molecule has 2 nitrogen and oxygen atoms in total. The van der Waals surface area contributed by atoms with E-state index in [4.69, 9.17) is 0 Å². The van der Waals surface area contributed by atoms with E-state index in [1.54, 1.807) is 0 Å². The average molecular weight is 323 g/mol. The maximum atomic E-state index is 12.7. The van der Waals surface area contributed by atoms with Gasteiger partial charge in [-0.2, -0.15) is 0 Å². The number of aryl methyl sites for hydroxylation is 3. The number of benzene rings is 2. The summed E-state index contributed by atoms with van der Waals surface area (Å²) in [5.74, 6) is 0.0557. The van der Waals surface area contributed by atoms with Crippen molar-refractivity contribution in [2.24, 2.45) is 5.92 Å². The Morgan fingerprint density at radius 2 is 1.50 bits per heavy atom. The predicted octanol–water partition coefficient (Wildman–Crippen LogP) is 5.19. The zero-order chi connectivity index (χ0) is 17.5. The van der Waals surface area contributed by atoms with Crippen molar-refractivity contribution in [3.05, 3.63) is 64.7 Å². The van der Waals surface area contributed by atoms with Crippen LogP contribution in [0.25, 0.3) is 0 Å². The second kappa shape index (κ2) is 8.68. The molecule has 2 aromatic carbocycles. The van der Waals surface area contributed by atoms with Crippen LogP contribution in [0.3, 0.4) is 0 Å². The summed E-state index contributed by atoms with van der Waals surface area (Å²) in [5.41, 5.74) is 6.06. The summed E-state index contributed by atoms with van der Waals surface area (Å²) in [6.45, 7) is 8.48. The van der Waals surface area contributed by atoms with Gasteiger partial charge in [0.2, 0.25) is 5.91 Å². The number of nitrogens with one attached hydrogen (secondary N) is 1. The minimum absolute atomic E-state index is 0.0485. The van der Waals surface area contributed by atoms with Gasteiger partial charge in [0.15, 0.2) is 0 Å². The molecule has 0 aromatic heterocycles. The smallest absolute Gasteiger partial charge is 0.227 e. The van der Waals surface area contributed by atoms with Crippen molar-refractivity contribution < 1.29 is 4.79 Å². The number of anilines is 1. The fraction of sp³-hybridized carbons (Fsp3) is 0.409. The zero-order valence-electron chi connectivity index (χ0n) is 15.4. The van der Waals surface area contributed by atoms with Crippen molar-refractivity contribution >= 4 is 11.6 Å². The van der Waals surface area contributed by atoms with Crippen LogP contribution in [0.4, 0.5) is 5.69 Å². The van der Waals surface area contributed by atoms with E-state index in [0.29, 0.717) is 0 Å². The lowest BCUT2D eigenvalue weighted by atomic mass is 9.96. The topological polar surface area (TPSA) is 29.1 Å². The summed E-state index contributed by atoms with van der Waals surface area (Å²) in [6, 6.07) is 14.7. The van der Waals surface area contributed by atoms with Gasteiger partial charge in [-0.25, -0.2) is 0 Å². The highest BCUT2D eigenvalue weighted by Crippen LogP contribution is 2.26. The van der Waals surface area contributed by atoms with E-state index >= 15 is 0 Å². The summed E-state index contributed by atoms with van der Waals surface area (Å²) in [4.78, 5) is 12.7. The molecule has 0 bridgehead atoms. The monoisotopic (exact) mass is 323 g/mol. The van der Waals surface area contributed by atoms with Gasteiger partial charge in [0.05, 0.1) is 0 Å². The van der Waals surface area contributed by atoms with E-state index in [2.05, 4.69) is 50.4 Å². The Balaban J connectivity index is 2.18. The van der Waals surface area contributed by atoms with E-state index < -0.39 is 0 Å². The third-order valence-corrected chi connectivity index (χ3v) is 4.61. The van der Waals surface area contributed by atoms with E-state index in [1.165, 1.54) is 22.3 Å². The molecule has 0 saturated heterocycles. The van der Waals surface area contributed by atoms with Crippen LogP contribution in [0.1, 0.15) is 49.9 Å². The van der Waals surface area contributed by atoms with Crippen LogP contribution in [0.5, 0.6) is 0 Å². The molecule has 0 aliphatic heterocycles. The van der Waals surface area contributed by atoms with Gasteiger partial charge in [-0.15, -0.1) is 0 Å². The highest BCUT2D eigenvalue weighted by Gasteiger charge is 2.17. The van der Waals surface area contributed by atoms with Crippen LogP contribution in [0, 0.1) is 5.92 Å². The SMILES string of the molecule is CCc1cc(CC)c(NC(=O)C(C)Cc2ccccc2)c(CC)c1. The second-order valence-corrected chi connectivity index (χ2v) is 6.43. The number of carbonyl (C=O) groups excluding carboxylic acids is 1. The number of amides is 1. The molecule has 2 rings (SSSR count). The number of hydrogen-bond donors (Lipinski definition) is 1. The second-order valence-electron chi connectivity index (χ2n) is 6.43. The normalized spacial score (nSPS) is 12.0. The first-order valence-corrected chi connectivity index (χ1v) is 9.08. The summed E-state index contributed by atoms with van der Waals surface area (Å²) >= 11 is 0. The number of carbonyl (C=O) groups is 1. The average Bonchev–Trinajstić information content (AvgIpc) is 2.62. The van der Waals surface area contributed by atoms with E-state index in [0.717, 1.165) is 31.4 Å². The van der Waals surface area contributed by atoms with E-state index in [-0.39, 0.29) is 11.8 Å². The van der Waals surface area contributed by atoms with Crippen molar-refractivity contribution in [1.82, 2.24) is 0 Å². The van der Waals surface area contributed by atoms with Gasteiger partial charge in [0.25, 0.3) is 0 Å². The third kappa shape index (κ3) is 4.47. The maximum absolute atomic E-state index is 12.7. The molecule has 1 N–H and O–H groups in total. The number of hydrogen-bond acceptors (Lipinski definition) is 1. The fourth-order valence-electron chi connectivity index (χ4n) is 3.07. The van der Waals surface area contributed by atoms with Crippen molar-refractivity contribution in [2.75, 3.05) is 5.32 Å². The lowest BCUT2D eigenvalue weighted by Gasteiger charge is -2.19. The van der Waals surface area contributed by atoms with Gasteiger partial charge in [-0.1, -0.05) is 70.2 Å². The molecule has 1 amide bonds. The fourth-order valence-corrected chi connectivity index (χ4v) is 3.07. The van der Waals surface area contributed by atoms with Crippen molar-refractivity contribution in [2.45, 2.75) is 53.4 Å². The molecule has 0 radical (unpaired) electrons. The van der Waals surface area contributed by atoms with Crippen molar-refractivity contribution in [3.63, 3.8) is 0 Å². The highest BCUT2D eigenvalue weighted by atomic mass is 16.1. The summed E-state index contributed by atoms with van der Waals surface area (Å²) in [6.07, 6.45) is 3.66. The van der Waals surface area contributed by atoms with Crippen LogP contribution < -0.4 is 5.32 Å². The maximum Gasteiger partial charge on any atom is 0.227 e. The summed E-state index contributed by atoms with van der Waals surface area (Å²) in [7, 11) is 0. The van der Waals surface area contributed by atoms with Crippen LogP contribution in [-0.2, 0) is 30.5 Å². The van der Waals surface area contributed by atoms with Crippen LogP contribution in [0.15, 0.2) is 42.5 Å².